The molecule has 3 aromatic rings. The number of benzene rings is 1. The zero-order valence-electron chi connectivity index (χ0n) is 14.6. The molecule has 1 N–H and O–H groups in total. The van der Waals surface area contributed by atoms with Crippen molar-refractivity contribution in [1.82, 2.24) is 19.6 Å². The SMILES string of the molecule is Cc1cc(C)n(-c2ccc(=O)n(CC(=O)Nc3cccc([N+](=O)[O-])c3)n2)n1. The molecule has 0 fully saturated rings. The topological polar surface area (TPSA) is 125 Å². The average molecular weight is 368 g/mol. The van der Waals surface area contributed by atoms with Gasteiger partial charge in [0.15, 0.2) is 5.82 Å². The highest BCUT2D eigenvalue weighted by Gasteiger charge is 2.12. The van der Waals surface area contributed by atoms with Crippen LogP contribution in [0.15, 0.2) is 47.3 Å². The number of nitrogens with one attached hydrogen (secondary N) is 1. The van der Waals surface area contributed by atoms with Crippen LogP contribution in [0.5, 0.6) is 0 Å². The number of aromatic nitrogens is 4. The molecule has 0 aliphatic rings. The predicted octanol–water partition coefficient (Wildman–Crippen LogP) is 1.59. The molecule has 0 aliphatic heterocycles. The monoisotopic (exact) mass is 368 g/mol. The van der Waals surface area contributed by atoms with Gasteiger partial charge < -0.3 is 5.32 Å². The van der Waals surface area contributed by atoms with Crippen molar-refractivity contribution >= 4 is 17.3 Å². The number of nitro benzene ring substituents is 1. The Bertz CT molecular complexity index is 1090. The van der Waals surface area contributed by atoms with Crippen molar-refractivity contribution < 1.29 is 9.72 Å². The van der Waals surface area contributed by atoms with E-state index in [0.717, 1.165) is 16.1 Å². The van der Waals surface area contributed by atoms with E-state index in [4.69, 9.17) is 0 Å². The average Bonchev–Trinajstić information content (AvgIpc) is 2.95. The smallest absolute Gasteiger partial charge is 0.271 e. The summed E-state index contributed by atoms with van der Waals surface area (Å²) in [4.78, 5) is 34.5. The molecule has 0 bridgehead atoms. The minimum Gasteiger partial charge on any atom is -0.324 e. The highest BCUT2D eigenvalue weighted by Crippen LogP contribution is 2.17. The third-order valence-corrected chi connectivity index (χ3v) is 3.71. The molecule has 10 heteroatoms. The zero-order chi connectivity index (χ0) is 19.6. The van der Waals surface area contributed by atoms with Gasteiger partial charge in [-0.1, -0.05) is 6.07 Å². The number of nitro groups is 1. The number of aryl methyl sites for hydroxylation is 2. The molecule has 2 heterocycles. The molecular weight excluding hydrogens is 352 g/mol. The van der Waals surface area contributed by atoms with Crippen LogP contribution in [0.4, 0.5) is 11.4 Å². The van der Waals surface area contributed by atoms with Gasteiger partial charge in [-0.15, -0.1) is 5.10 Å². The molecule has 0 unspecified atom stereocenters. The molecule has 0 radical (unpaired) electrons. The summed E-state index contributed by atoms with van der Waals surface area (Å²) < 4.78 is 2.59. The van der Waals surface area contributed by atoms with Crippen molar-refractivity contribution in [3.05, 3.63) is 74.3 Å². The van der Waals surface area contributed by atoms with E-state index in [-0.39, 0.29) is 17.9 Å². The Morgan fingerprint density at radius 1 is 1.19 bits per heavy atom. The van der Waals surface area contributed by atoms with Gasteiger partial charge in [0.1, 0.15) is 6.54 Å². The van der Waals surface area contributed by atoms with Crippen molar-refractivity contribution in [1.29, 1.82) is 0 Å². The maximum atomic E-state index is 12.2. The molecule has 0 spiro atoms. The van der Waals surface area contributed by atoms with Crippen LogP contribution in [-0.4, -0.2) is 30.4 Å². The Morgan fingerprint density at radius 3 is 2.63 bits per heavy atom. The van der Waals surface area contributed by atoms with Gasteiger partial charge in [0.2, 0.25) is 5.91 Å². The molecule has 0 aliphatic carbocycles. The van der Waals surface area contributed by atoms with E-state index in [0.29, 0.717) is 5.82 Å². The summed E-state index contributed by atoms with van der Waals surface area (Å²) in [6, 6.07) is 10.2. The fourth-order valence-corrected chi connectivity index (χ4v) is 2.56. The molecule has 0 saturated carbocycles. The van der Waals surface area contributed by atoms with Gasteiger partial charge in [0.05, 0.1) is 10.6 Å². The maximum absolute atomic E-state index is 12.2. The van der Waals surface area contributed by atoms with Gasteiger partial charge in [0.25, 0.3) is 11.2 Å². The van der Waals surface area contributed by atoms with Crippen molar-refractivity contribution in [2.24, 2.45) is 0 Å². The minimum atomic E-state index is -0.556. The lowest BCUT2D eigenvalue weighted by atomic mass is 10.3. The first-order valence-electron chi connectivity index (χ1n) is 7.99. The van der Waals surface area contributed by atoms with E-state index >= 15 is 0 Å². The van der Waals surface area contributed by atoms with Crippen LogP contribution < -0.4 is 10.9 Å². The predicted molar refractivity (Wildman–Crippen MR) is 96.8 cm³/mol. The molecule has 1 aromatic carbocycles. The molecule has 27 heavy (non-hydrogen) atoms. The third kappa shape index (κ3) is 4.06. The van der Waals surface area contributed by atoms with Gasteiger partial charge in [-0.25, -0.2) is 9.36 Å². The van der Waals surface area contributed by atoms with Crippen LogP contribution in [-0.2, 0) is 11.3 Å². The summed E-state index contributed by atoms with van der Waals surface area (Å²) >= 11 is 0. The molecule has 2 aromatic heterocycles. The number of carbonyl (C=O) groups excluding carboxylic acids is 1. The second kappa shape index (κ2) is 7.20. The first-order chi connectivity index (χ1) is 12.8. The molecule has 0 atom stereocenters. The number of non-ortho nitro benzene ring substituents is 1. The number of rotatable bonds is 5. The standard InChI is InChI=1S/C17H16N6O4/c1-11-8-12(2)22(19-11)15-6-7-17(25)21(20-15)10-16(24)18-13-4-3-5-14(9-13)23(26)27/h3-9H,10H2,1-2H3,(H,18,24). The summed E-state index contributed by atoms with van der Waals surface area (Å²) in [7, 11) is 0. The number of anilines is 1. The number of nitrogens with zero attached hydrogens (tertiary/aromatic N) is 5. The van der Waals surface area contributed by atoms with E-state index in [1.54, 1.807) is 4.68 Å². The van der Waals surface area contributed by atoms with Crippen LogP contribution in [0.1, 0.15) is 11.4 Å². The van der Waals surface area contributed by atoms with E-state index in [2.05, 4.69) is 15.5 Å². The number of carbonyl (C=O) groups is 1. The summed E-state index contributed by atoms with van der Waals surface area (Å²) in [6.45, 7) is 3.35. The van der Waals surface area contributed by atoms with Crippen LogP contribution in [0.2, 0.25) is 0 Å². The lowest BCUT2D eigenvalue weighted by Crippen LogP contribution is -2.30. The number of hydrogen-bond acceptors (Lipinski definition) is 6. The fraction of sp³-hybridized carbons (Fsp3) is 0.176. The Labute approximate surface area is 153 Å². The van der Waals surface area contributed by atoms with Crippen molar-refractivity contribution in [3.8, 4) is 5.82 Å². The lowest BCUT2D eigenvalue weighted by molar-refractivity contribution is -0.384. The molecule has 138 valence electrons. The molecule has 3 rings (SSSR count). The largest absolute Gasteiger partial charge is 0.324 e. The number of hydrogen-bond donors (Lipinski definition) is 1. The summed E-state index contributed by atoms with van der Waals surface area (Å²) in [6.07, 6.45) is 0. The molecule has 0 saturated heterocycles. The van der Waals surface area contributed by atoms with Crippen LogP contribution >= 0.6 is 0 Å². The summed E-state index contributed by atoms with van der Waals surface area (Å²) in [5.41, 5.74) is 1.31. The highest BCUT2D eigenvalue weighted by atomic mass is 16.6. The van der Waals surface area contributed by atoms with Crippen molar-refractivity contribution in [2.45, 2.75) is 20.4 Å². The number of amides is 1. The maximum Gasteiger partial charge on any atom is 0.271 e. The van der Waals surface area contributed by atoms with Gasteiger partial charge in [-0.3, -0.25) is 19.7 Å². The minimum absolute atomic E-state index is 0.144. The lowest BCUT2D eigenvalue weighted by Gasteiger charge is -2.09. The Balaban J connectivity index is 1.81. The Morgan fingerprint density at radius 2 is 1.96 bits per heavy atom. The second-order valence-electron chi connectivity index (χ2n) is 5.88. The Hall–Kier alpha value is -3.82. The van der Waals surface area contributed by atoms with Gasteiger partial charge in [-0.2, -0.15) is 5.10 Å². The molecule has 1 amide bonds. The van der Waals surface area contributed by atoms with Gasteiger partial charge in [-0.05, 0) is 32.0 Å². The highest BCUT2D eigenvalue weighted by molar-refractivity contribution is 5.90. The summed E-state index contributed by atoms with van der Waals surface area (Å²) in [5.74, 6) is -0.126. The van der Waals surface area contributed by atoms with E-state index in [1.807, 2.05) is 19.9 Å². The zero-order valence-corrected chi connectivity index (χ0v) is 14.6. The summed E-state index contributed by atoms with van der Waals surface area (Å²) in [5, 5.41) is 21.8. The van der Waals surface area contributed by atoms with E-state index in [1.165, 1.54) is 36.4 Å². The van der Waals surface area contributed by atoms with Crippen LogP contribution in [0.3, 0.4) is 0 Å². The third-order valence-electron chi connectivity index (χ3n) is 3.71. The van der Waals surface area contributed by atoms with E-state index < -0.39 is 16.4 Å². The quantitative estimate of drug-likeness (QED) is 0.538. The normalized spacial score (nSPS) is 10.6. The Kier molecular flexibility index (Phi) is 4.79. The van der Waals surface area contributed by atoms with Crippen molar-refractivity contribution in [2.75, 3.05) is 5.32 Å². The van der Waals surface area contributed by atoms with Crippen LogP contribution in [0, 0.1) is 24.0 Å². The van der Waals surface area contributed by atoms with Gasteiger partial charge in [0, 0.05) is 29.6 Å². The first kappa shape index (κ1) is 18.0. The van der Waals surface area contributed by atoms with Crippen LogP contribution in [0.25, 0.3) is 5.82 Å². The van der Waals surface area contributed by atoms with Gasteiger partial charge >= 0.3 is 0 Å². The van der Waals surface area contributed by atoms with E-state index in [9.17, 15) is 19.7 Å². The molecular formula is C17H16N6O4. The van der Waals surface area contributed by atoms with Crippen molar-refractivity contribution in [3.63, 3.8) is 0 Å². The molecule has 10 nitrogen and oxygen atoms in total. The second-order valence-corrected chi connectivity index (χ2v) is 5.88. The first-order valence-corrected chi connectivity index (χ1v) is 7.99. The fourth-order valence-electron chi connectivity index (χ4n) is 2.56.